The second-order valence-corrected chi connectivity index (χ2v) is 5.80. The van der Waals surface area contributed by atoms with Crippen molar-refractivity contribution in [1.29, 1.82) is 0 Å². The van der Waals surface area contributed by atoms with Gasteiger partial charge in [0.2, 0.25) is 5.95 Å². The third-order valence-corrected chi connectivity index (χ3v) is 4.14. The fraction of sp³-hybridized carbons (Fsp3) is 0.438. The zero-order valence-corrected chi connectivity index (χ0v) is 12.9. The Morgan fingerprint density at radius 3 is 2.22 bits per heavy atom. The van der Waals surface area contributed by atoms with Crippen molar-refractivity contribution in [3.05, 3.63) is 47.8 Å². The first kappa shape index (κ1) is 15.9. The minimum Gasteiger partial charge on any atom is -0.340 e. The van der Waals surface area contributed by atoms with Gasteiger partial charge in [0.1, 0.15) is 0 Å². The van der Waals surface area contributed by atoms with E-state index in [1.165, 1.54) is 0 Å². The van der Waals surface area contributed by atoms with Crippen LogP contribution in [0.5, 0.6) is 0 Å². The average molecular weight is 324 g/mol. The van der Waals surface area contributed by atoms with Gasteiger partial charge in [-0.15, -0.1) is 0 Å². The van der Waals surface area contributed by atoms with Crippen molar-refractivity contribution in [3.8, 4) is 0 Å². The number of nitrogens with zero attached hydrogens (tertiary/aromatic N) is 4. The summed E-state index contributed by atoms with van der Waals surface area (Å²) in [7, 11) is 1.97. The highest BCUT2D eigenvalue weighted by atomic mass is 19.4. The standard InChI is InChI=1S/C16H19F3N4/c1-21-7-6-20-15(21)23-10-8-22(9-11-23)12-13-2-4-14(5-3-13)16(17,18)19/h2-7H,8-12H2,1H3. The van der Waals surface area contributed by atoms with Crippen LogP contribution >= 0.6 is 0 Å². The van der Waals surface area contributed by atoms with Crippen LogP contribution in [-0.4, -0.2) is 40.6 Å². The van der Waals surface area contributed by atoms with Gasteiger partial charge in [0, 0.05) is 52.2 Å². The molecule has 1 aromatic heterocycles. The number of benzene rings is 1. The number of piperazine rings is 1. The summed E-state index contributed by atoms with van der Waals surface area (Å²) in [5, 5.41) is 0. The summed E-state index contributed by atoms with van der Waals surface area (Å²) >= 11 is 0. The molecule has 1 fully saturated rings. The maximum absolute atomic E-state index is 12.6. The summed E-state index contributed by atoms with van der Waals surface area (Å²) in [5.41, 5.74) is 0.310. The molecule has 23 heavy (non-hydrogen) atoms. The number of imidazole rings is 1. The second-order valence-electron chi connectivity index (χ2n) is 5.80. The molecule has 0 spiro atoms. The molecule has 2 heterocycles. The van der Waals surface area contributed by atoms with Gasteiger partial charge < -0.3 is 9.47 Å². The second kappa shape index (κ2) is 6.23. The Morgan fingerprint density at radius 1 is 1.04 bits per heavy atom. The van der Waals surface area contributed by atoms with E-state index >= 15 is 0 Å². The molecule has 7 heteroatoms. The molecule has 1 aliphatic rings. The van der Waals surface area contributed by atoms with E-state index in [9.17, 15) is 13.2 Å². The highest BCUT2D eigenvalue weighted by Gasteiger charge is 2.30. The number of rotatable bonds is 3. The van der Waals surface area contributed by atoms with Crippen molar-refractivity contribution in [2.45, 2.75) is 12.7 Å². The van der Waals surface area contributed by atoms with Gasteiger partial charge >= 0.3 is 6.18 Å². The van der Waals surface area contributed by atoms with Crippen LogP contribution in [0.15, 0.2) is 36.7 Å². The number of aryl methyl sites for hydroxylation is 1. The molecular formula is C16H19F3N4. The first-order valence-electron chi connectivity index (χ1n) is 7.54. The maximum Gasteiger partial charge on any atom is 0.416 e. The number of halogens is 3. The Morgan fingerprint density at radius 2 is 1.70 bits per heavy atom. The predicted molar refractivity (Wildman–Crippen MR) is 82.1 cm³/mol. The maximum atomic E-state index is 12.6. The van der Waals surface area contributed by atoms with Gasteiger partial charge in [0.25, 0.3) is 0 Å². The SMILES string of the molecule is Cn1ccnc1N1CCN(Cc2ccc(C(F)(F)F)cc2)CC1. The van der Waals surface area contributed by atoms with Crippen LogP contribution in [0.25, 0.3) is 0 Å². The number of hydrogen-bond donors (Lipinski definition) is 0. The Kier molecular flexibility index (Phi) is 4.30. The van der Waals surface area contributed by atoms with Crippen LogP contribution in [0, 0.1) is 0 Å². The normalized spacial score (nSPS) is 16.8. The lowest BCUT2D eigenvalue weighted by molar-refractivity contribution is -0.137. The predicted octanol–water partition coefficient (Wildman–Crippen LogP) is 2.76. The van der Waals surface area contributed by atoms with Gasteiger partial charge in [-0.25, -0.2) is 4.98 Å². The summed E-state index contributed by atoms with van der Waals surface area (Å²) in [6.45, 7) is 4.14. The van der Waals surface area contributed by atoms with Crippen LogP contribution in [0.2, 0.25) is 0 Å². The van der Waals surface area contributed by atoms with Crippen molar-refractivity contribution in [3.63, 3.8) is 0 Å². The Balaban J connectivity index is 1.56. The topological polar surface area (TPSA) is 24.3 Å². The molecular weight excluding hydrogens is 305 g/mol. The van der Waals surface area contributed by atoms with Gasteiger partial charge in [-0.1, -0.05) is 12.1 Å². The first-order chi connectivity index (χ1) is 10.9. The Labute approximate surface area is 133 Å². The number of hydrogen-bond acceptors (Lipinski definition) is 3. The third kappa shape index (κ3) is 3.67. The number of alkyl halides is 3. The van der Waals surface area contributed by atoms with Crippen molar-refractivity contribution >= 4 is 5.95 Å². The zero-order valence-electron chi connectivity index (χ0n) is 12.9. The highest BCUT2D eigenvalue weighted by Crippen LogP contribution is 2.29. The fourth-order valence-electron chi connectivity index (χ4n) is 2.83. The number of aromatic nitrogens is 2. The monoisotopic (exact) mass is 324 g/mol. The van der Waals surface area contributed by atoms with Crippen molar-refractivity contribution in [1.82, 2.24) is 14.5 Å². The molecule has 0 saturated carbocycles. The largest absolute Gasteiger partial charge is 0.416 e. The fourth-order valence-corrected chi connectivity index (χ4v) is 2.83. The Hall–Kier alpha value is -2.02. The lowest BCUT2D eigenvalue weighted by atomic mass is 10.1. The van der Waals surface area contributed by atoms with E-state index in [0.717, 1.165) is 49.8 Å². The van der Waals surface area contributed by atoms with Crippen LogP contribution in [0.1, 0.15) is 11.1 Å². The van der Waals surface area contributed by atoms with Crippen molar-refractivity contribution in [2.75, 3.05) is 31.1 Å². The summed E-state index contributed by atoms with van der Waals surface area (Å²) < 4.78 is 39.7. The molecule has 0 N–H and O–H groups in total. The lowest BCUT2D eigenvalue weighted by Gasteiger charge is -2.35. The molecule has 0 unspecified atom stereocenters. The smallest absolute Gasteiger partial charge is 0.340 e. The van der Waals surface area contributed by atoms with Crippen LogP contribution < -0.4 is 4.90 Å². The summed E-state index contributed by atoms with van der Waals surface area (Å²) in [6, 6.07) is 5.43. The summed E-state index contributed by atoms with van der Waals surface area (Å²) in [4.78, 5) is 8.82. The van der Waals surface area contributed by atoms with E-state index in [0.29, 0.717) is 6.54 Å². The summed E-state index contributed by atoms with van der Waals surface area (Å²) in [6.07, 6.45) is -0.569. The van der Waals surface area contributed by atoms with E-state index < -0.39 is 11.7 Å². The minimum absolute atomic E-state index is 0.596. The molecule has 4 nitrogen and oxygen atoms in total. The van der Waals surface area contributed by atoms with E-state index in [1.807, 2.05) is 17.8 Å². The first-order valence-corrected chi connectivity index (χ1v) is 7.54. The highest BCUT2D eigenvalue weighted by molar-refractivity contribution is 5.32. The molecule has 0 atom stereocenters. The molecule has 3 rings (SSSR count). The van der Waals surface area contributed by atoms with Crippen LogP contribution in [-0.2, 0) is 19.8 Å². The van der Waals surface area contributed by atoms with Crippen molar-refractivity contribution in [2.24, 2.45) is 7.05 Å². The third-order valence-electron chi connectivity index (χ3n) is 4.14. The van der Waals surface area contributed by atoms with E-state index in [2.05, 4.69) is 14.8 Å². The van der Waals surface area contributed by atoms with Gasteiger partial charge in [-0.3, -0.25) is 4.90 Å². The molecule has 0 aliphatic carbocycles. The molecule has 1 aromatic carbocycles. The van der Waals surface area contributed by atoms with Crippen LogP contribution in [0.3, 0.4) is 0 Å². The quantitative estimate of drug-likeness (QED) is 0.868. The molecule has 124 valence electrons. The van der Waals surface area contributed by atoms with E-state index in [4.69, 9.17) is 0 Å². The van der Waals surface area contributed by atoms with Crippen LogP contribution in [0.4, 0.5) is 19.1 Å². The average Bonchev–Trinajstić information content (AvgIpc) is 2.94. The van der Waals surface area contributed by atoms with E-state index in [1.54, 1.807) is 18.3 Å². The Bertz CT molecular complexity index is 640. The van der Waals surface area contributed by atoms with Gasteiger partial charge in [-0.05, 0) is 17.7 Å². The molecule has 1 aliphatic heterocycles. The zero-order chi connectivity index (χ0) is 16.4. The molecule has 0 bridgehead atoms. The lowest BCUT2D eigenvalue weighted by Crippen LogP contribution is -2.46. The molecule has 2 aromatic rings. The van der Waals surface area contributed by atoms with Gasteiger partial charge in [0.05, 0.1) is 5.56 Å². The van der Waals surface area contributed by atoms with E-state index in [-0.39, 0.29) is 0 Å². The molecule has 1 saturated heterocycles. The van der Waals surface area contributed by atoms with Crippen molar-refractivity contribution < 1.29 is 13.2 Å². The molecule has 0 amide bonds. The summed E-state index contributed by atoms with van der Waals surface area (Å²) in [5.74, 6) is 0.958. The number of anilines is 1. The van der Waals surface area contributed by atoms with Gasteiger partial charge in [0.15, 0.2) is 0 Å². The molecule has 0 radical (unpaired) electrons. The van der Waals surface area contributed by atoms with Gasteiger partial charge in [-0.2, -0.15) is 13.2 Å². The minimum atomic E-state index is -4.27.